The van der Waals surface area contributed by atoms with Crippen LogP contribution in [-0.4, -0.2) is 11.5 Å². The predicted octanol–water partition coefficient (Wildman–Crippen LogP) is 3.90. The zero-order chi connectivity index (χ0) is 11.9. The van der Waals surface area contributed by atoms with Crippen molar-refractivity contribution in [1.29, 1.82) is 0 Å². The van der Waals surface area contributed by atoms with Crippen molar-refractivity contribution in [1.82, 2.24) is 10.3 Å². The second kappa shape index (κ2) is 7.12. The maximum atomic E-state index is 4.40. The van der Waals surface area contributed by atoms with Crippen molar-refractivity contribution in [3.63, 3.8) is 0 Å². The third kappa shape index (κ3) is 4.76. The first kappa shape index (κ1) is 13.0. The number of pyridine rings is 1. The van der Waals surface area contributed by atoms with Gasteiger partial charge in [-0.15, -0.1) is 0 Å². The maximum Gasteiger partial charge on any atom is 0.106 e. The van der Waals surface area contributed by atoms with E-state index >= 15 is 0 Å². The Hall–Kier alpha value is -0.410. The number of hydrogen-bond acceptors (Lipinski definition) is 2. The third-order valence-corrected chi connectivity index (χ3v) is 3.96. The van der Waals surface area contributed by atoms with Gasteiger partial charge in [-0.25, -0.2) is 4.98 Å². The molecule has 2 nitrogen and oxygen atoms in total. The fourth-order valence-electron chi connectivity index (χ4n) is 2.58. The van der Waals surface area contributed by atoms with Gasteiger partial charge in [-0.3, -0.25) is 0 Å². The van der Waals surface area contributed by atoms with Crippen LogP contribution in [0, 0.1) is 5.92 Å². The summed E-state index contributed by atoms with van der Waals surface area (Å²) in [5.74, 6) is 1.01. The van der Waals surface area contributed by atoms with Crippen molar-refractivity contribution >= 4 is 15.9 Å². The Bertz CT molecular complexity index is 335. The van der Waals surface area contributed by atoms with Crippen molar-refractivity contribution in [3.8, 4) is 0 Å². The molecule has 0 amide bonds. The predicted molar refractivity (Wildman–Crippen MR) is 74.8 cm³/mol. The topological polar surface area (TPSA) is 24.9 Å². The highest BCUT2D eigenvalue weighted by atomic mass is 79.9. The summed E-state index contributed by atoms with van der Waals surface area (Å²) in [5.41, 5.74) is 1.11. The van der Waals surface area contributed by atoms with Gasteiger partial charge in [0, 0.05) is 6.54 Å². The molecule has 1 heterocycles. The average Bonchev–Trinajstić information content (AvgIpc) is 2.82. The number of halogens is 1. The molecule has 2 rings (SSSR count). The Morgan fingerprint density at radius 3 is 2.88 bits per heavy atom. The van der Waals surface area contributed by atoms with Gasteiger partial charge < -0.3 is 5.32 Å². The van der Waals surface area contributed by atoms with Crippen molar-refractivity contribution in [2.75, 3.05) is 6.54 Å². The molecular formula is C14H21BrN2. The van der Waals surface area contributed by atoms with E-state index in [1.54, 1.807) is 0 Å². The third-order valence-electron chi connectivity index (χ3n) is 3.52. The number of nitrogens with one attached hydrogen (secondary N) is 1. The standard InChI is InChI=1S/C14H21BrN2/c15-14-9-3-8-13(17-14)11-16-10-4-7-12-5-1-2-6-12/h3,8-9,12,16H,1-2,4-7,10-11H2. The van der Waals surface area contributed by atoms with E-state index in [9.17, 15) is 0 Å². The summed E-state index contributed by atoms with van der Waals surface area (Å²) in [6.45, 7) is 1.99. The van der Waals surface area contributed by atoms with Crippen LogP contribution in [0.4, 0.5) is 0 Å². The lowest BCUT2D eigenvalue weighted by molar-refractivity contribution is 0.469. The van der Waals surface area contributed by atoms with E-state index in [0.717, 1.165) is 29.3 Å². The first-order chi connectivity index (χ1) is 8.34. The quantitative estimate of drug-likeness (QED) is 0.636. The van der Waals surface area contributed by atoms with Gasteiger partial charge in [0.2, 0.25) is 0 Å². The van der Waals surface area contributed by atoms with Crippen LogP contribution in [-0.2, 0) is 6.54 Å². The molecule has 1 aromatic rings. The number of hydrogen-bond donors (Lipinski definition) is 1. The first-order valence-corrected chi connectivity index (χ1v) is 7.46. The van der Waals surface area contributed by atoms with E-state index in [1.807, 2.05) is 12.1 Å². The molecule has 0 aromatic carbocycles. The molecule has 0 unspecified atom stereocenters. The van der Waals surface area contributed by atoms with E-state index in [-0.39, 0.29) is 0 Å². The molecule has 0 saturated heterocycles. The first-order valence-electron chi connectivity index (χ1n) is 6.67. The van der Waals surface area contributed by atoms with E-state index in [2.05, 4.69) is 32.3 Å². The molecule has 0 bridgehead atoms. The molecule has 94 valence electrons. The van der Waals surface area contributed by atoms with Gasteiger partial charge in [0.1, 0.15) is 4.60 Å². The molecule has 1 aliphatic rings. The number of nitrogens with zero attached hydrogens (tertiary/aromatic N) is 1. The Morgan fingerprint density at radius 2 is 2.12 bits per heavy atom. The smallest absolute Gasteiger partial charge is 0.106 e. The van der Waals surface area contributed by atoms with Gasteiger partial charge in [-0.05, 0) is 53.4 Å². The summed E-state index contributed by atoms with van der Waals surface area (Å²) in [7, 11) is 0. The van der Waals surface area contributed by atoms with Crippen molar-refractivity contribution < 1.29 is 0 Å². The highest BCUT2D eigenvalue weighted by Crippen LogP contribution is 2.28. The largest absolute Gasteiger partial charge is 0.311 e. The van der Waals surface area contributed by atoms with Crippen molar-refractivity contribution in [2.45, 2.75) is 45.1 Å². The molecule has 1 aromatic heterocycles. The van der Waals surface area contributed by atoms with Crippen LogP contribution in [0.15, 0.2) is 22.8 Å². The fraction of sp³-hybridized carbons (Fsp3) is 0.643. The van der Waals surface area contributed by atoms with Crippen LogP contribution in [0.25, 0.3) is 0 Å². The van der Waals surface area contributed by atoms with Gasteiger partial charge >= 0.3 is 0 Å². The molecule has 1 aliphatic carbocycles. The van der Waals surface area contributed by atoms with Crippen LogP contribution >= 0.6 is 15.9 Å². The summed E-state index contributed by atoms with van der Waals surface area (Å²) in [6.07, 6.45) is 8.55. The second-order valence-electron chi connectivity index (χ2n) is 4.92. The average molecular weight is 297 g/mol. The summed E-state index contributed by atoms with van der Waals surface area (Å²) in [4.78, 5) is 4.40. The lowest BCUT2D eigenvalue weighted by Gasteiger charge is -2.09. The monoisotopic (exact) mass is 296 g/mol. The molecular weight excluding hydrogens is 276 g/mol. The van der Waals surface area contributed by atoms with Crippen LogP contribution in [0.3, 0.4) is 0 Å². The minimum absolute atomic E-state index is 0.879. The summed E-state index contributed by atoms with van der Waals surface area (Å²) >= 11 is 3.39. The highest BCUT2D eigenvalue weighted by Gasteiger charge is 2.13. The lowest BCUT2D eigenvalue weighted by atomic mass is 10.0. The minimum Gasteiger partial charge on any atom is -0.311 e. The van der Waals surface area contributed by atoms with E-state index in [0.29, 0.717) is 0 Å². The normalized spacial score (nSPS) is 16.5. The van der Waals surface area contributed by atoms with Crippen LogP contribution in [0.1, 0.15) is 44.2 Å². The van der Waals surface area contributed by atoms with Crippen molar-refractivity contribution in [3.05, 3.63) is 28.5 Å². The molecule has 0 spiro atoms. The zero-order valence-corrected chi connectivity index (χ0v) is 11.9. The number of rotatable bonds is 6. The van der Waals surface area contributed by atoms with Gasteiger partial charge in [0.05, 0.1) is 5.69 Å². The van der Waals surface area contributed by atoms with Gasteiger partial charge in [-0.1, -0.05) is 31.7 Å². The van der Waals surface area contributed by atoms with Gasteiger partial charge in [0.15, 0.2) is 0 Å². The van der Waals surface area contributed by atoms with E-state index < -0.39 is 0 Å². The SMILES string of the molecule is Brc1cccc(CNCCCC2CCCC2)n1. The van der Waals surface area contributed by atoms with Gasteiger partial charge in [0.25, 0.3) is 0 Å². The van der Waals surface area contributed by atoms with Gasteiger partial charge in [-0.2, -0.15) is 0 Å². The lowest BCUT2D eigenvalue weighted by Crippen LogP contribution is -2.16. The Morgan fingerprint density at radius 1 is 1.29 bits per heavy atom. The minimum atomic E-state index is 0.879. The Balaban J connectivity index is 1.56. The number of aromatic nitrogens is 1. The molecule has 1 N–H and O–H groups in total. The molecule has 0 atom stereocenters. The van der Waals surface area contributed by atoms with Crippen LogP contribution in [0.5, 0.6) is 0 Å². The summed E-state index contributed by atoms with van der Waals surface area (Å²) in [5, 5.41) is 3.47. The summed E-state index contributed by atoms with van der Waals surface area (Å²) < 4.78 is 0.919. The Kier molecular flexibility index (Phi) is 5.46. The second-order valence-corrected chi connectivity index (χ2v) is 5.73. The Labute approximate surface area is 112 Å². The molecule has 1 saturated carbocycles. The fourth-order valence-corrected chi connectivity index (χ4v) is 2.96. The molecule has 0 radical (unpaired) electrons. The molecule has 0 aliphatic heterocycles. The highest BCUT2D eigenvalue weighted by molar-refractivity contribution is 9.10. The van der Waals surface area contributed by atoms with Crippen LogP contribution in [0.2, 0.25) is 0 Å². The van der Waals surface area contributed by atoms with Crippen molar-refractivity contribution in [2.24, 2.45) is 5.92 Å². The van der Waals surface area contributed by atoms with Crippen LogP contribution < -0.4 is 5.32 Å². The molecule has 17 heavy (non-hydrogen) atoms. The molecule has 3 heteroatoms. The zero-order valence-electron chi connectivity index (χ0n) is 10.3. The van der Waals surface area contributed by atoms with E-state index in [1.165, 1.54) is 38.5 Å². The molecule has 1 fully saturated rings. The maximum absolute atomic E-state index is 4.40. The summed E-state index contributed by atoms with van der Waals surface area (Å²) in [6, 6.07) is 6.06. The van der Waals surface area contributed by atoms with E-state index in [4.69, 9.17) is 0 Å².